The number of halogens is 4. The van der Waals surface area contributed by atoms with Crippen LogP contribution >= 0.6 is 0 Å². The zero-order valence-electron chi connectivity index (χ0n) is 9.45. The van der Waals surface area contributed by atoms with Gasteiger partial charge in [0, 0.05) is 24.6 Å². The smallest absolute Gasteiger partial charge is 0.185 e. The Kier molecular flexibility index (Phi) is 3.98. The summed E-state index contributed by atoms with van der Waals surface area (Å²) in [5.74, 6) is -5.88. The zero-order valence-corrected chi connectivity index (χ0v) is 9.45. The Morgan fingerprint density at radius 2 is 1.59 bits per heavy atom. The summed E-state index contributed by atoms with van der Waals surface area (Å²) in [7, 11) is 0. The molecule has 1 aromatic carbocycles. The van der Waals surface area contributed by atoms with Crippen LogP contribution in [0.3, 0.4) is 0 Å². The van der Waals surface area contributed by atoms with Gasteiger partial charge in [-0.2, -0.15) is 0 Å². The third-order valence-corrected chi connectivity index (χ3v) is 2.28. The van der Waals surface area contributed by atoms with Gasteiger partial charge in [0.05, 0.1) is 0 Å². The van der Waals surface area contributed by atoms with Crippen molar-refractivity contribution in [2.75, 3.05) is 18.5 Å². The third kappa shape index (κ3) is 3.09. The summed E-state index contributed by atoms with van der Waals surface area (Å²) in [5.41, 5.74) is -1.52. The second kappa shape index (κ2) is 4.91. The molecule has 0 amide bonds. The second-order valence-corrected chi connectivity index (χ2v) is 4.52. The van der Waals surface area contributed by atoms with Crippen LogP contribution in [0.1, 0.15) is 13.8 Å². The number of hydrogen-bond acceptors (Lipinski definition) is 2. The van der Waals surface area contributed by atoms with Gasteiger partial charge in [0.1, 0.15) is 5.69 Å². The molecule has 0 aliphatic rings. The Bertz CT molecular complexity index is 394. The van der Waals surface area contributed by atoms with Gasteiger partial charge in [-0.3, -0.25) is 0 Å². The largest absolute Gasteiger partial charge is 0.396 e. The quantitative estimate of drug-likeness (QED) is 0.637. The van der Waals surface area contributed by atoms with Crippen molar-refractivity contribution in [3.8, 4) is 0 Å². The summed E-state index contributed by atoms with van der Waals surface area (Å²) >= 11 is 0. The summed E-state index contributed by atoms with van der Waals surface area (Å²) < 4.78 is 52.1. The Hall–Kier alpha value is -1.30. The summed E-state index contributed by atoms with van der Waals surface area (Å²) in [6.45, 7) is 3.00. The van der Waals surface area contributed by atoms with Gasteiger partial charge in [0.25, 0.3) is 0 Å². The van der Waals surface area contributed by atoms with Gasteiger partial charge in [0.2, 0.25) is 0 Å². The molecule has 0 fully saturated rings. The minimum absolute atomic E-state index is 0.0275. The lowest BCUT2D eigenvalue weighted by atomic mass is 9.95. The summed E-state index contributed by atoms with van der Waals surface area (Å²) in [6, 6.07) is 0.146. The molecule has 0 saturated carbocycles. The minimum atomic E-state index is -1.47. The first-order valence-corrected chi connectivity index (χ1v) is 4.96. The molecule has 2 nitrogen and oxygen atoms in total. The number of benzene rings is 1. The van der Waals surface area contributed by atoms with Crippen molar-refractivity contribution in [2.45, 2.75) is 13.8 Å². The van der Waals surface area contributed by atoms with E-state index in [1.807, 2.05) is 0 Å². The first-order chi connectivity index (χ1) is 7.78. The monoisotopic (exact) mass is 251 g/mol. The summed E-state index contributed by atoms with van der Waals surface area (Å²) in [6.07, 6.45) is 0. The van der Waals surface area contributed by atoms with Gasteiger partial charge in [-0.25, -0.2) is 17.6 Å². The highest BCUT2D eigenvalue weighted by molar-refractivity contribution is 5.47. The first kappa shape index (κ1) is 13.8. The van der Waals surface area contributed by atoms with E-state index in [9.17, 15) is 17.6 Å². The van der Waals surface area contributed by atoms with Crippen LogP contribution in [0.25, 0.3) is 0 Å². The van der Waals surface area contributed by atoms with Gasteiger partial charge in [-0.05, 0) is 0 Å². The highest BCUT2D eigenvalue weighted by Gasteiger charge is 2.22. The highest BCUT2D eigenvalue weighted by atomic mass is 19.2. The van der Waals surface area contributed by atoms with Gasteiger partial charge < -0.3 is 10.4 Å². The lowest BCUT2D eigenvalue weighted by molar-refractivity contribution is 0.170. The molecule has 0 heterocycles. The normalized spacial score (nSPS) is 11.7. The van der Waals surface area contributed by atoms with Gasteiger partial charge in [-0.1, -0.05) is 13.8 Å². The van der Waals surface area contributed by atoms with Gasteiger partial charge >= 0.3 is 0 Å². The molecule has 6 heteroatoms. The fraction of sp³-hybridized carbons (Fsp3) is 0.455. The van der Waals surface area contributed by atoms with E-state index in [1.165, 1.54) is 0 Å². The Morgan fingerprint density at radius 3 is 2.00 bits per heavy atom. The van der Waals surface area contributed by atoms with Crippen LogP contribution < -0.4 is 5.32 Å². The Balaban J connectivity index is 2.99. The van der Waals surface area contributed by atoms with Crippen LogP contribution in [0.2, 0.25) is 0 Å². The molecule has 0 aliphatic carbocycles. The fourth-order valence-electron chi connectivity index (χ4n) is 1.11. The topological polar surface area (TPSA) is 32.3 Å². The molecular weight excluding hydrogens is 238 g/mol. The fourth-order valence-corrected chi connectivity index (χ4v) is 1.11. The van der Waals surface area contributed by atoms with Crippen molar-refractivity contribution >= 4 is 5.69 Å². The van der Waals surface area contributed by atoms with Crippen molar-refractivity contribution < 1.29 is 22.7 Å². The van der Waals surface area contributed by atoms with Gasteiger partial charge in [-0.15, -0.1) is 0 Å². The van der Waals surface area contributed by atoms with E-state index in [2.05, 4.69) is 5.32 Å². The molecule has 1 rings (SSSR count). The maximum atomic E-state index is 13.2. The van der Waals surface area contributed by atoms with E-state index in [0.717, 1.165) is 0 Å². The molecule has 96 valence electrons. The average Bonchev–Trinajstić information content (AvgIpc) is 2.26. The number of aliphatic hydroxyl groups excluding tert-OH is 1. The number of rotatable bonds is 4. The van der Waals surface area contributed by atoms with Crippen LogP contribution in [-0.2, 0) is 0 Å². The minimum Gasteiger partial charge on any atom is -0.396 e. The third-order valence-electron chi connectivity index (χ3n) is 2.28. The molecular formula is C11H13F4NO. The molecule has 2 N–H and O–H groups in total. The maximum absolute atomic E-state index is 13.2. The van der Waals surface area contributed by atoms with Crippen molar-refractivity contribution in [1.29, 1.82) is 0 Å². The molecule has 0 unspecified atom stereocenters. The summed E-state index contributed by atoms with van der Waals surface area (Å²) in [5, 5.41) is 11.2. The van der Waals surface area contributed by atoms with E-state index in [1.54, 1.807) is 13.8 Å². The van der Waals surface area contributed by atoms with Crippen molar-refractivity contribution in [3.05, 3.63) is 29.3 Å². The van der Waals surface area contributed by atoms with E-state index in [4.69, 9.17) is 5.11 Å². The molecule has 0 atom stereocenters. The van der Waals surface area contributed by atoms with Crippen LogP contribution in [0, 0.1) is 28.7 Å². The number of nitrogens with one attached hydrogen (secondary N) is 1. The number of aliphatic hydroxyl groups is 1. The molecule has 0 radical (unpaired) electrons. The van der Waals surface area contributed by atoms with Crippen LogP contribution in [0.15, 0.2) is 6.07 Å². The van der Waals surface area contributed by atoms with Crippen LogP contribution in [0.5, 0.6) is 0 Å². The lowest BCUT2D eigenvalue weighted by Crippen LogP contribution is -2.27. The predicted molar refractivity (Wildman–Crippen MR) is 55.6 cm³/mol. The second-order valence-electron chi connectivity index (χ2n) is 4.52. The molecule has 1 aromatic rings. The van der Waals surface area contributed by atoms with E-state index >= 15 is 0 Å². The lowest BCUT2D eigenvalue weighted by Gasteiger charge is -2.23. The molecule has 0 bridgehead atoms. The van der Waals surface area contributed by atoms with E-state index < -0.39 is 34.4 Å². The Morgan fingerprint density at radius 1 is 1.12 bits per heavy atom. The predicted octanol–water partition coefficient (Wildman–Crippen LogP) is 2.67. The van der Waals surface area contributed by atoms with Crippen molar-refractivity contribution in [3.63, 3.8) is 0 Å². The molecule has 17 heavy (non-hydrogen) atoms. The SMILES string of the molecule is CC(C)(CO)CNc1c(F)c(F)cc(F)c1F. The average molecular weight is 251 g/mol. The maximum Gasteiger partial charge on any atom is 0.185 e. The Labute approximate surface area is 96.3 Å². The zero-order chi connectivity index (χ0) is 13.2. The number of hydrogen-bond donors (Lipinski definition) is 2. The number of anilines is 1. The first-order valence-electron chi connectivity index (χ1n) is 4.96. The molecule has 0 saturated heterocycles. The van der Waals surface area contributed by atoms with E-state index in [-0.39, 0.29) is 19.2 Å². The van der Waals surface area contributed by atoms with Crippen molar-refractivity contribution in [1.82, 2.24) is 0 Å². The van der Waals surface area contributed by atoms with Crippen LogP contribution in [0.4, 0.5) is 23.2 Å². The molecule has 0 spiro atoms. The highest BCUT2D eigenvalue weighted by Crippen LogP contribution is 2.25. The molecule has 0 aliphatic heterocycles. The summed E-state index contributed by atoms with van der Waals surface area (Å²) in [4.78, 5) is 0. The van der Waals surface area contributed by atoms with Gasteiger partial charge in [0.15, 0.2) is 23.3 Å². The van der Waals surface area contributed by atoms with E-state index in [0.29, 0.717) is 0 Å². The van der Waals surface area contributed by atoms with Crippen molar-refractivity contribution in [2.24, 2.45) is 5.41 Å². The molecule has 0 aromatic heterocycles. The van der Waals surface area contributed by atoms with Crippen LogP contribution in [-0.4, -0.2) is 18.3 Å². The standard InChI is InChI=1S/C11H13F4NO/c1-11(2,5-17)4-16-10-8(14)6(12)3-7(13)9(10)15/h3,16-17H,4-5H2,1-2H3.